The van der Waals surface area contributed by atoms with Crippen molar-refractivity contribution in [2.45, 2.75) is 31.5 Å². The highest BCUT2D eigenvalue weighted by atomic mass is 32.1. The Hall–Kier alpha value is -4.19. The van der Waals surface area contributed by atoms with Crippen LogP contribution in [0.3, 0.4) is 0 Å². The number of halogens is 9. The maximum absolute atomic E-state index is 13.1. The highest BCUT2D eigenvalue weighted by molar-refractivity contribution is 7.21. The van der Waals surface area contributed by atoms with Gasteiger partial charge in [0.1, 0.15) is 16.3 Å². The second kappa shape index (κ2) is 10.7. The zero-order chi connectivity index (χ0) is 30.3. The van der Waals surface area contributed by atoms with E-state index in [2.05, 4.69) is 9.47 Å². The van der Waals surface area contributed by atoms with Crippen molar-refractivity contribution < 1.29 is 58.8 Å². The monoisotopic (exact) mass is 616 g/mol. The number of H-pyrrole nitrogens is 1. The summed E-state index contributed by atoms with van der Waals surface area (Å²) in [6, 6.07) is 7.82. The number of nitrogens with one attached hydrogen (secondary N) is 1. The van der Waals surface area contributed by atoms with Crippen LogP contribution in [0.2, 0.25) is 0 Å². The standard InChI is InChI=1S/C23H13F9N2O6S/c24-21(25,26)17(35)9-34-19-13(18(36)33-20(34)37)8-16(41-19)10-1-6-14(15(7-10)40-23(30,31)32)38-11-2-4-12(5-3-11)39-22(27,28)29/h1-8,17,35H,9H2,(H,33,36,37). The van der Waals surface area contributed by atoms with Crippen LogP contribution >= 0.6 is 11.3 Å². The van der Waals surface area contributed by atoms with Crippen molar-refractivity contribution in [3.8, 4) is 33.4 Å². The molecule has 220 valence electrons. The third kappa shape index (κ3) is 7.31. The fraction of sp³-hybridized carbons (Fsp3) is 0.217. The number of aliphatic hydroxyl groups excluding tert-OH is 1. The number of aliphatic hydroxyl groups is 1. The Morgan fingerprint density at radius 3 is 2.02 bits per heavy atom. The van der Waals surface area contributed by atoms with Gasteiger partial charge in [0.15, 0.2) is 17.6 Å². The number of aromatic amines is 1. The molecule has 0 aliphatic heterocycles. The van der Waals surface area contributed by atoms with Crippen LogP contribution in [0.4, 0.5) is 39.5 Å². The van der Waals surface area contributed by atoms with E-state index in [9.17, 15) is 54.2 Å². The summed E-state index contributed by atoms with van der Waals surface area (Å²) in [6.07, 6.45) is -18.3. The number of alkyl halides is 9. The molecule has 0 radical (unpaired) electrons. The summed E-state index contributed by atoms with van der Waals surface area (Å²) in [6.45, 7) is -1.27. The maximum Gasteiger partial charge on any atom is 0.573 e. The van der Waals surface area contributed by atoms with E-state index >= 15 is 0 Å². The van der Waals surface area contributed by atoms with Gasteiger partial charge >= 0.3 is 24.6 Å². The number of ether oxygens (including phenoxy) is 3. The number of thiophene rings is 1. The summed E-state index contributed by atoms with van der Waals surface area (Å²) >= 11 is 0.582. The van der Waals surface area contributed by atoms with Gasteiger partial charge in [0.2, 0.25) is 0 Å². The van der Waals surface area contributed by atoms with E-state index in [0.717, 1.165) is 42.5 Å². The second-order valence-electron chi connectivity index (χ2n) is 8.09. The van der Waals surface area contributed by atoms with E-state index in [4.69, 9.17) is 4.74 Å². The van der Waals surface area contributed by atoms with Gasteiger partial charge in [-0.05, 0) is 54.1 Å². The minimum atomic E-state index is -5.23. The predicted octanol–water partition coefficient (Wildman–Crippen LogP) is 5.93. The number of aromatic nitrogens is 2. The first-order valence-corrected chi connectivity index (χ1v) is 11.7. The van der Waals surface area contributed by atoms with Crippen LogP contribution in [0.15, 0.2) is 58.1 Å². The van der Waals surface area contributed by atoms with Gasteiger partial charge in [0.25, 0.3) is 5.56 Å². The number of benzene rings is 2. The molecule has 0 aliphatic carbocycles. The number of fused-ring (bicyclic) bond motifs is 1. The molecule has 4 aromatic rings. The number of nitrogens with zero attached hydrogens (tertiary/aromatic N) is 1. The van der Waals surface area contributed by atoms with Crippen LogP contribution < -0.4 is 25.5 Å². The smallest absolute Gasteiger partial charge is 0.453 e. The third-order valence-electron chi connectivity index (χ3n) is 5.14. The molecule has 0 saturated heterocycles. The van der Waals surface area contributed by atoms with Gasteiger partial charge in [-0.3, -0.25) is 14.3 Å². The molecule has 0 bridgehead atoms. The molecule has 0 amide bonds. The molecule has 0 saturated carbocycles. The molecule has 0 fully saturated rings. The van der Waals surface area contributed by atoms with Gasteiger partial charge in [-0.2, -0.15) is 13.2 Å². The quantitative estimate of drug-likeness (QED) is 0.250. The van der Waals surface area contributed by atoms with E-state index < -0.39 is 60.0 Å². The van der Waals surface area contributed by atoms with Gasteiger partial charge in [-0.1, -0.05) is 0 Å². The van der Waals surface area contributed by atoms with Crippen molar-refractivity contribution in [2.75, 3.05) is 0 Å². The van der Waals surface area contributed by atoms with Crippen molar-refractivity contribution >= 4 is 21.6 Å². The van der Waals surface area contributed by atoms with Gasteiger partial charge in [0.05, 0.1) is 11.9 Å². The zero-order valence-electron chi connectivity index (χ0n) is 19.6. The van der Waals surface area contributed by atoms with Crippen LogP contribution in [-0.4, -0.2) is 39.7 Å². The lowest BCUT2D eigenvalue weighted by molar-refractivity contribution is -0.275. The highest BCUT2D eigenvalue weighted by Gasteiger charge is 2.39. The lowest BCUT2D eigenvalue weighted by atomic mass is 10.1. The van der Waals surface area contributed by atoms with Crippen molar-refractivity contribution in [2.24, 2.45) is 0 Å². The van der Waals surface area contributed by atoms with Crippen LogP contribution in [0, 0.1) is 0 Å². The topological polar surface area (TPSA) is 103 Å². The van der Waals surface area contributed by atoms with E-state index in [0.29, 0.717) is 15.9 Å². The van der Waals surface area contributed by atoms with Gasteiger partial charge in [-0.15, -0.1) is 37.7 Å². The predicted molar refractivity (Wildman–Crippen MR) is 124 cm³/mol. The third-order valence-corrected chi connectivity index (χ3v) is 6.35. The first-order valence-electron chi connectivity index (χ1n) is 10.8. The number of hydrogen-bond donors (Lipinski definition) is 2. The second-order valence-corrected chi connectivity index (χ2v) is 9.12. The Balaban J connectivity index is 1.72. The molecule has 2 heterocycles. The van der Waals surface area contributed by atoms with Gasteiger partial charge in [0, 0.05) is 4.88 Å². The molecule has 41 heavy (non-hydrogen) atoms. The minimum Gasteiger partial charge on any atom is -0.453 e. The van der Waals surface area contributed by atoms with E-state index in [-0.39, 0.29) is 26.4 Å². The summed E-state index contributed by atoms with van der Waals surface area (Å²) in [5.41, 5.74) is -2.29. The Kier molecular flexibility index (Phi) is 7.74. The number of hydrogen-bond acceptors (Lipinski definition) is 7. The molecule has 0 aliphatic rings. The summed E-state index contributed by atoms with van der Waals surface area (Å²) < 4.78 is 129. The van der Waals surface area contributed by atoms with Crippen molar-refractivity contribution in [1.29, 1.82) is 0 Å². The fourth-order valence-corrected chi connectivity index (χ4v) is 4.60. The molecule has 1 atom stereocenters. The van der Waals surface area contributed by atoms with Crippen molar-refractivity contribution in [1.82, 2.24) is 9.55 Å². The Labute approximate surface area is 224 Å². The van der Waals surface area contributed by atoms with Crippen LogP contribution in [0.25, 0.3) is 20.7 Å². The van der Waals surface area contributed by atoms with Gasteiger partial charge in [-0.25, -0.2) is 4.79 Å². The molecule has 4 rings (SSSR count). The number of rotatable bonds is 7. The van der Waals surface area contributed by atoms with Crippen LogP contribution in [0.5, 0.6) is 23.0 Å². The summed E-state index contributed by atoms with van der Waals surface area (Å²) in [5.74, 6) is -2.26. The molecule has 0 spiro atoms. The molecule has 2 N–H and O–H groups in total. The largest absolute Gasteiger partial charge is 0.573 e. The molecule has 2 aromatic heterocycles. The Bertz CT molecular complexity index is 1670. The fourth-order valence-electron chi connectivity index (χ4n) is 3.44. The molecular weight excluding hydrogens is 603 g/mol. The first-order chi connectivity index (χ1) is 18.9. The zero-order valence-corrected chi connectivity index (χ0v) is 20.5. The van der Waals surface area contributed by atoms with Crippen molar-refractivity contribution in [3.63, 3.8) is 0 Å². The van der Waals surface area contributed by atoms with Crippen LogP contribution in [-0.2, 0) is 6.54 Å². The molecule has 18 heteroatoms. The molecule has 2 aromatic carbocycles. The van der Waals surface area contributed by atoms with Crippen LogP contribution in [0.1, 0.15) is 0 Å². The van der Waals surface area contributed by atoms with E-state index in [1.807, 2.05) is 4.98 Å². The average Bonchev–Trinajstić information content (AvgIpc) is 3.27. The SMILES string of the molecule is O=c1[nH]c(=O)n(CC(O)C(F)(F)F)c2sc(-c3ccc(Oc4ccc(OC(F)(F)F)cc4)c(OC(F)(F)F)c3)cc12. The molecule has 1 unspecified atom stereocenters. The average molecular weight is 616 g/mol. The van der Waals surface area contributed by atoms with Gasteiger partial charge < -0.3 is 19.3 Å². The molecule has 8 nitrogen and oxygen atoms in total. The Morgan fingerprint density at radius 2 is 1.44 bits per heavy atom. The maximum atomic E-state index is 13.1. The summed E-state index contributed by atoms with van der Waals surface area (Å²) in [5, 5.41) is 9.13. The van der Waals surface area contributed by atoms with Crippen molar-refractivity contribution in [3.05, 3.63) is 69.4 Å². The lowest BCUT2D eigenvalue weighted by Gasteiger charge is -2.16. The lowest BCUT2D eigenvalue weighted by Crippen LogP contribution is -2.38. The first kappa shape index (κ1) is 29.8. The van der Waals surface area contributed by atoms with E-state index in [1.54, 1.807) is 0 Å². The summed E-state index contributed by atoms with van der Waals surface area (Å²) in [7, 11) is 0. The normalized spacial score (nSPS) is 13.3. The van der Waals surface area contributed by atoms with E-state index in [1.165, 1.54) is 6.07 Å². The Morgan fingerprint density at radius 1 is 0.829 bits per heavy atom. The molecular formula is C23H13F9N2O6S. The highest BCUT2D eigenvalue weighted by Crippen LogP contribution is 2.41. The minimum absolute atomic E-state index is 0.0265. The summed E-state index contributed by atoms with van der Waals surface area (Å²) in [4.78, 5) is 26.0.